The minimum absolute atomic E-state index is 0.148. The molecule has 0 saturated carbocycles. The maximum atomic E-state index is 11.5. The van der Waals surface area contributed by atoms with E-state index in [2.05, 4.69) is 0 Å². The zero-order valence-corrected chi connectivity index (χ0v) is 9.83. The van der Waals surface area contributed by atoms with Crippen molar-refractivity contribution < 1.29 is 9.53 Å². The van der Waals surface area contributed by atoms with E-state index in [1.54, 1.807) is 6.07 Å². The van der Waals surface area contributed by atoms with Crippen LogP contribution in [0.3, 0.4) is 0 Å². The van der Waals surface area contributed by atoms with Crippen LogP contribution in [0.4, 0.5) is 0 Å². The lowest BCUT2D eigenvalue weighted by Crippen LogP contribution is -2.23. The van der Waals surface area contributed by atoms with Crippen LogP contribution in [0, 0.1) is 0 Å². The van der Waals surface area contributed by atoms with Crippen molar-refractivity contribution in [3.8, 4) is 5.75 Å². The van der Waals surface area contributed by atoms with Crippen molar-refractivity contribution in [2.45, 2.75) is 39.7 Å². The Bertz CT molecular complexity index is 348. The second kappa shape index (κ2) is 4.47. The Morgan fingerprint density at radius 2 is 2.00 bits per heavy atom. The number of hydrogen-bond donors (Lipinski definition) is 0. The maximum absolute atomic E-state index is 11.5. The van der Waals surface area contributed by atoms with E-state index in [0.29, 0.717) is 6.42 Å². The van der Waals surface area contributed by atoms with Crippen molar-refractivity contribution in [2.24, 2.45) is 0 Å². The van der Waals surface area contributed by atoms with E-state index >= 15 is 0 Å². The number of rotatable bonds is 3. The third-order valence-electron chi connectivity index (χ3n) is 1.90. The van der Waals surface area contributed by atoms with Crippen LogP contribution in [0.25, 0.3) is 0 Å². The topological polar surface area (TPSA) is 26.3 Å². The Morgan fingerprint density at radius 1 is 1.33 bits per heavy atom. The molecule has 0 amide bonds. The first-order chi connectivity index (χ1) is 6.92. The van der Waals surface area contributed by atoms with E-state index in [-0.39, 0.29) is 11.4 Å². The van der Waals surface area contributed by atoms with Gasteiger partial charge in [0.2, 0.25) is 0 Å². The maximum Gasteiger partial charge on any atom is 0.162 e. The molecule has 0 heterocycles. The normalized spacial score (nSPS) is 11.2. The Hall–Kier alpha value is -1.31. The van der Waals surface area contributed by atoms with E-state index in [4.69, 9.17) is 4.74 Å². The molecule has 0 aliphatic heterocycles. The molecule has 0 saturated heterocycles. The molecule has 0 N–H and O–H groups in total. The first-order valence-electron chi connectivity index (χ1n) is 5.24. The van der Waals surface area contributed by atoms with E-state index in [1.165, 1.54) is 0 Å². The van der Waals surface area contributed by atoms with Crippen molar-refractivity contribution in [2.75, 3.05) is 0 Å². The molecule has 2 nitrogen and oxygen atoms in total. The van der Waals surface area contributed by atoms with Gasteiger partial charge in [-0.2, -0.15) is 0 Å². The van der Waals surface area contributed by atoms with Crippen LogP contribution in [-0.2, 0) is 0 Å². The molecule has 0 fully saturated rings. The van der Waals surface area contributed by atoms with Crippen LogP contribution in [0.15, 0.2) is 24.3 Å². The fourth-order valence-corrected chi connectivity index (χ4v) is 1.29. The lowest BCUT2D eigenvalue weighted by Gasteiger charge is -2.21. The summed E-state index contributed by atoms with van der Waals surface area (Å²) in [4.78, 5) is 11.5. The first-order valence-corrected chi connectivity index (χ1v) is 5.24. The van der Waals surface area contributed by atoms with E-state index < -0.39 is 0 Å². The van der Waals surface area contributed by atoms with Crippen LogP contribution in [0.5, 0.6) is 5.75 Å². The van der Waals surface area contributed by atoms with Crippen molar-refractivity contribution in [1.29, 1.82) is 0 Å². The molecular formula is C13H18O2. The summed E-state index contributed by atoms with van der Waals surface area (Å²) in [5, 5.41) is 0. The highest BCUT2D eigenvalue weighted by Gasteiger charge is 2.12. The number of benzene rings is 1. The first kappa shape index (κ1) is 11.8. The van der Waals surface area contributed by atoms with Gasteiger partial charge in [0, 0.05) is 12.0 Å². The molecule has 15 heavy (non-hydrogen) atoms. The lowest BCUT2D eigenvalue weighted by atomic mass is 10.1. The Labute approximate surface area is 91.3 Å². The highest BCUT2D eigenvalue weighted by molar-refractivity contribution is 5.96. The number of ketones is 1. The van der Waals surface area contributed by atoms with Gasteiger partial charge in [-0.15, -0.1) is 0 Å². The summed E-state index contributed by atoms with van der Waals surface area (Å²) in [6.07, 6.45) is 0.527. The van der Waals surface area contributed by atoms with Crippen molar-refractivity contribution in [1.82, 2.24) is 0 Å². The zero-order valence-electron chi connectivity index (χ0n) is 9.83. The van der Waals surface area contributed by atoms with Crippen LogP contribution in [0.2, 0.25) is 0 Å². The van der Waals surface area contributed by atoms with Crippen molar-refractivity contribution in [3.63, 3.8) is 0 Å². The summed E-state index contributed by atoms with van der Waals surface area (Å²) < 4.78 is 5.68. The predicted octanol–water partition coefficient (Wildman–Crippen LogP) is 3.46. The van der Waals surface area contributed by atoms with Gasteiger partial charge in [0.25, 0.3) is 0 Å². The van der Waals surface area contributed by atoms with Gasteiger partial charge in [-0.3, -0.25) is 4.79 Å². The number of ether oxygens (including phenoxy) is 1. The largest absolute Gasteiger partial charge is 0.488 e. The van der Waals surface area contributed by atoms with Crippen LogP contribution < -0.4 is 4.74 Å². The van der Waals surface area contributed by atoms with Gasteiger partial charge < -0.3 is 4.74 Å². The van der Waals surface area contributed by atoms with Gasteiger partial charge in [0.05, 0.1) is 0 Å². The smallest absolute Gasteiger partial charge is 0.162 e. The number of carbonyl (C=O) groups is 1. The molecular weight excluding hydrogens is 188 g/mol. The molecule has 1 aromatic rings. The van der Waals surface area contributed by atoms with Gasteiger partial charge in [0.15, 0.2) is 5.78 Å². The van der Waals surface area contributed by atoms with Crippen LogP contribution in [0.1, 0.15) is 44.5 Å². The highest BCUT2D eigenvalue weighted by atomic mass is 16.5. The molecule has 0 aliphatic rings. The molecule has 0 bridgehead atoms. The van der Waals surface area contributed by atoms with E-state index in [1.807, 2.05) is 45.9 Å². The van der Waals surface area contributed by atoms with Gasteiger partial charge in [-0.1, -0.05) is 19.1 Å². The Balaban J connectivity index is 2.88. The average Bonchev–Trinajstić information content (AvgIpc) is 2.14. The molecule has 2 heteroatoms. The number of hydrogen-bond acceptors (Lipinski definition) is 2. The zero-order chi connectivity index (χ0) is 11.5. The quantitative estimate of drug-likeness (QED) is 0.708. The summed E-state index contributed by atoms with van der Waals surface area (Å²) in [6.45, 7) is 7.82. The molecule has 82 valence electrons. The Morgan fingerprint density at radius 3 is 2.53 bits per heavy atom. The fourth-order valence-electron chi connectivity index (χ4n) is 1.29. The van der Waals surface area contributed by atoms with Crippen molar-refractivity contribution in [3.05, 3.63) is 29.8 Å². The summed E-state index contributed by atoms with van der Waals surface area (Å²) in [5.41, 5.74) is 0.493. The Kier molecular flexibility index (Phi) is 3.51. The standard InChI is InChI=1S/C13H18O2/c1-5-12(14)10-7-6-8-11(9-10)15-13(2,3)4/h6-9H,5H2,1-4H3. The predicted molar refractivity (Wildman–Crippen MR) is 61.4 cm³/mol. The summed E-state index contributed by atoms with van der Waals surface area (Å²) in [5.74, 6) is 0.899. The van der Waals surface area contributed by atoms with Crippen molar-refractivity contribution >= 4 is 5.78 Å². The van der Waals surface area contributed by atoms with E-state index in [9.17, 15) is 4.79 Å². The second-order valence-electron chi connectivity index (χ2n) is 4.52. The van der Waals surface area contributed by atoms with Crippen LogP contribution >= 0.6 is 0 Å². The fraction of sp³-hybridized carbons (Fsp3) is 0.462. The summed E-state index contributed by atoms with van der Waals surface area (Å²) in [6, 6.07) is 7.35. The molecule has 0 aromatic heterocycles. The number of carbonyl (C=O) groups excluding carboxylic acids is 1. The minimum atomic E-state index is -0.228. The molecule has 0 aliphatic carbocycles. The summed E-state index contributed by atoms with van der Waals surface area (Å²) in [7, 11) is 0. The van der Waals surface area contributed by atoms with Gasteiger partial charge in [-0.25, -0.2) is 0 Å². The third kappa shape index (κ3) is 3.74. The van der Waals surface area contributed by atoms with Gasteiger partial charge >= 0.3 is 0 Å². The summed E-state index contributed by atoms with van der Waals surface area (Å²) >= 11 is 0. The van der Waals surface area contributed by atoms with Crippen LogP contribution in [-0.4, -0.2) is 11.4 Å². The van der Waals surface area contributed by atoms with E-state index in [0.717, 1.165) is 11.3 Å². The number of Topliss-reactive ketones (excluding diaryl/α,β-unsaturated/α-hetero) is 1. The molecule has 0 spiro atoms. The highest BCUT2D eigenvalue weighted by Crippen LogP contribution is 2.19. The average molecular weight is 206 g/mol. The monoisotopic (exact) mass is 206 g/mol. The van der Waals surface area contributed by atoms with Gasteiger partial charge in [-0.05, 0) is 32.9 Å². The molecule has 1 aromatic carbocycles. The third-order valence-corrected chi connectivity index (χ3v) is 1.90. The molecule has 1 rings (SSSR count). The molecule has 0 radical (unpaired) electrons. The van der Waals surface area contributed by atoms with Gasteiger partial charge in [0.1, 0.15) is 11.4 Å². The molecule has 0 unspecified atom stereocenters. The second-order valence-corrected chi connectivity index (χ2v) is 4.52. The SMILES string of the molecule is CCC(=O)c1cccc(OC(C)(C)C)c1. The molecule has 0 atom stereocenters. The lowest BCUT2D eigenvalue weighted by molar-refractivity contribution is 0.0985. The minimum Gasteiger partial charge on any atom is -0.488 e.